The van der Waals surface area contributed by atoms with Crippen LogP contribution >= 0.6 is 23.2 Å². The zero-order chi connectivity index (χ0) is 12.3. The summed E-state index contributed by atoms with van der Waals surface area (Å²) in [6.45, 7) is 0. The second-order valence-electron chi connectivity index (χ2n) is 3.15. The van der Waals surface area contributed by atoms with Crippen LogP contribution in [0.2, 0.25) is 10.0 Å². The molecule has 2 rings (SSSR count). The molecule has 2 aromatic rings. The molecule has 84 valence electrons. The van der Waals surface area contributed by atoms with Gasteiger partial charge in [0.2, 0.25) is 0 Å². The third-order valence-corrected chi connectivity index (χ3v) is 2.52. The molecule has 4 nitrogen and oxygen atoms in total. The van der Waals surface area contributed by atoms with Gasteiger partial charge in [-0.2, -0.15) is 5.26 Å². The molecule has 1 N–H and O–H groups in total. The largest absolute Gasteiger partial charge is 0.339 e. The molecule has 0 spiro atoms. The average Bonchev–Trinajstić information content (AvgIpc) is 2.33. The summed E-state index contributed by atoms with van der Waals surface area (Å²) in [5.74, 6) is 0.501. The van der Waals surface area contributed by atoms with Crippen molar-refractivity contribution in [1.82, 2.24) is 9.97 Å². The Morgan fingerprint density at radius 3 is 2.71 bits per heavy atom. The maximum Gasteiger partial charge on any atom is 0.145 e. The predicted octanol–water partition coefficient (Wildman–Crippen LogP) is 3.40. The molecule has 6 heteroatoms. The Kier molecular flexibility index (Phi) is 3.43. The van der Waals surface area contributed by atoms with Crippen LogP contribution in [0.25, 0.3) is 0 Å². The molecule has 0 saturated carbocycles. The molecule has 0 aliphatic heterocycles. The van der Waals surface area contributed by atoms with E-state index in [0.29, 0.717) is 21.6 Å². The lowest BCUT2D eigenvalue weighted by Crippen LogP contribution is -1.96. The lowest BCUT2D eigenvalue weighted by molar-refractivity contribution is 1.14. The van der Waals surface area contributed by atoms with Gasteiger partial charge in [-0.05, 0) is 18.2 Å². The maximum absolute atomic E-state index is 8.71. The van der Waals surface area contributed by atoms with Crippen molar-refractivity contribution in [3.8, 4) is 6.07 Å². The Balaban J connectivity index is 2.28. The summed E-state index contributed by atoms with van der Waals surface area (Å²) in [5.41, 5.74) is 0.950. The molecule has 1 heterocycles. The van der Waals surface area contributed by atoms with E-state index in [9.17, 15) is 0 Å². The van der Waals surface area contributed by atoms with E-state index in [-0.39, 0.29) is 5.69 Å². The molecule has 0 amide bonds. The molecular formula is C11H6Cl2N4. The van der Waals surface area contributed by atoms with Crippen LogP contribution in [0.5, 0.6) is 0 Å². The van der Waals surface area contributed by atoms with Crippen molar-refractivity contribution < 1.29 is 0 Å². The minimum absolute atomic E-state index is 0.285. The monoisotopic (exact) mass is 264 g/mol. The number of hydrogen-bond donors (Lipinski definition) is 1. The normalized spacial score (nSPS) is 9.71. The molecule has 0 atom stereocenters. The van der Waals surface area contributed by atoms with Crippen LogP contribution in [0.1, 0.15) is 5.69 Å². The summed E-state index contributed by atoms with van der Waals surface area (Å²) in [5, 5.41) is 12.7. The van der Waals surface area contributed by atoms with Crippen molar-refractivity contribution in [3.05, 3.63) is 46.3 Å². The Morgan fingerprint density at radius 2 is 2.00 bits per heavy atom. The number of benzene rings is 1. The van der Waals surface area contributed by atoms with Crippen LogP contribution in [-0.4, -0.2) is 9.97 Å². The van der Waals surface area contributed by atoms with E-state index in [1.165, 1.54) is 12.4 Å². The summed E-state index contributed by atoms with van der Waals surface area (Å²) < 4.78 is 0. The highest BCUT2D eigenvalue weighted by Gasteiger charge is 2.03. The van der Waals surface area contributed by atoms with E-state index in [0.717, 1.165) is 0 Å². The van der Waals surface area contributed by atoms with Gasteiger partial charge in [0.05, 0.1) is 10.7 Å². The van der Waals surface area contributed by atoms with Gasteiger partial charge < -0.3 is 5.32 Å². The van der Waals surface area contributed by atoms with Gasteiger partial charge in [-0.25, -0.2) is 9.97 Å². The van der Waals surface area contributed by atoms with Gasteiger partial charge in [0.25, 0.3) is 0 Å². The van der Waals surface area contributed by atoms with E-state index in [1.807, 2.05) is 6.07 Å². The molecule has 0 unspecified atom stereocenters. The van der Waals surface area contributed by atoms with Crippen molar-refractivity contribution in [1.29, 1.82) is 5.26 Å². The molecule has 17 heavy (non-hydrogen) atoms. The van der Waals surface area contributed by atoms with E-state index in [2.05, 4.69) is 15.3 Å². The fraction of sp³-hybridized carbons (Fsp3) is 0. The molecule has 0 fully saturated rings. The smallest absolute Gasteiger partial charge is 0.145 e. The molecular weight excluding hydrogens is 259 g/mol. The summed E-state index contributed by atoms with van der Waals surface area (Å²) in [7, 11) is 0. The number of halogens is 2. The second-order valence-corrected chi connectivity index (χ2v) is 3.99. The third kappa shape index (κ3) is 2.84. The zero-order valence-corrected chi connectivity index (χ0v) is 10.00. The lowest BCUT2D eigenvalue weighted by Gasteiger charge is -2.07. The topological polar surface area (TPSA) is 61.6 Å². The maximum atomic E-state index is 8.71. The number of nitrogens with zero attached hydrogens (tertiary/aromatic N) is 3. The summed E-state index contributed by atoms with van der Waals surface area (Å²) in [6.07, 6.45) is 1.31. The average molecular weight is 265 g/mol. The van der Waals surface area contributed by atoms with Gasteiger partial charge in [0.1, 0.15) is 23.9 Å². The number of nitrogens with one attached hydrogen (secondary N) is 1. The lowest BCUT2D eigenvalue weighted by atomic mass is 10.3. The van der Waals surface area contributed by atoms with Gasteiger partial charge in [-0.15, -0.1) is 0 Å². The highest BCUT2D eigenvalue weighted by Crippen LogP contribution is 2.27. The van der Waals surface area contributed by atoms with Crippen LogP contribution < -0.4 is 5.32 Å². The molecule has 0 aliphatic rings. The third-order valence-electron chi connectivity index (χ3n) is 1.98. The quantitative estimate of drug-likeness (QED) is 0.903. The predicted molar refractivity (Wildman–Crippen MR) is 66.5 cm³/mol. The van der Waals surface area contributed by atoms with E-state index >= 15 is 0 Å². The van der Waals surface area contributed by atoms with Crippen LogP contribution in [-0.2, 0) is 0 Å². The van der Waals surface area contributed by atoms with Crippen LogP contribution in [0, 0.1) is 11.3 Å². The van der Waals surface area contributed by atoms with Crippen molar-refractivity contribution in [2.75, 3.05) is 5.32 Å². The van der Waals surface area contributed by atoms with Gasteiger partial charge in [-0.1, -0.05) is 23.2 Å². The van der Waals surface area contributed by atoms with Crippen LogP contribution in [0.15, 0.2) is 30.6 Å². The minimum Gasteiger partial charge on any atom is -0.339 e. The first-order chi connectivity index (χ1) is 8.19. The summed E-state index contributed by atoms with van der Waals surface area (Å²) >= 11 is 11.8. The SMILES string of the molecule is N#Cc1cc(Nc2ccc(Cl)cc2Cl)ncn1. The van der Waals surface area contributed by atoms with Gasteiger partial charge in [0, 0.05) is 11.1 Å². The zero-order valence-electron chi connectivity index (χ0n) is 8.48. The standard InChI is InChI=1S/C11H6Cl2N4/c12-7-1-2-10(9(13)3-7)17-11-4-8(5-14)15-6-16-11/h1-4,6H,(H,15,16,17). The van der Waals surface area contributed by atoms with Gasteiger partial charge in [0.15, 0.2) is 0 Å². The van der Waals surface area contributed by atoms with Crippen molar-refractivity contribution in [2.24, 2.45) is 0 Å². The molecule has 0 radical (unpaired) electrons. The van der Waals surface area contributed by atoms with Crippen molar-refractivity contribution in [2.45, 2.75) is 0 Å². The number of hydrogen-bond acceptors (Lipinski definition) is 4. The Morgan fingerprint density at radius 1 is 1.18 bits per heavy atom. The number of nitriles is 1. The Hall–Kier alpha value is -1.83. The highest BCUT2D eigenvalue weighted by atomic mass is 35.5. The van der Waals surface area contributed by atoms with Gasteiger partial charge >= 0.3 is 0 Å². The molecule has 0 bridgehead atoms. The van der Waals surface area contributed by atoms with Crippen molar-refractivity contribution in [3.63, 3.8) is 0 Å². The second kappa shape index (κ2) is 5.00. The van der Waals surface area contributed by atoms with E-state index in [4.69, 9.17) is 28.5 Å². The van der Waals surface area contributed by atoms with E-state index < -0.39 is 0 Å². The van der Waals surface area contributed by atoms with Gasteiger partial charge in [-0.3, -0.25) is 0 Å². The van der Waals surface area contributed by atoms with Crippen LogP contribution in [0.4, 0.5) is 11.5 Å². The number of aromatic nitrogens is 2. The molecule has 0 saturated heterocycles. The van der Waals surface area contributed by atoms with E-state index in [1.54, 1.807) is 18.2 Å². The fourth-order valence-electron chi connectivity index (χ4n) is 1.22. The fourth-order valence-corrected chi connectivity index (χ4v) is 1.67. The first kappa shape index (κ1) is 11.6. The highest BCUT2D eigenvalue weighted by molar-refractivity contribution is 6.36. The Labute approximate surface area is 108 Å². The number of rotatable bonds is 2. The summed E-state index contributed by atoms with van der Waals surface area (Å²) in [6, 6.07) is 8.53. The van der Waals surface area contributed by atoms with Crippen LogP contribution in [0.3, 0.4) is 0 Å². The molecule has 1 aromatic carbocycles. The number of anilines is 2. The minimum atomic E-state index is 0.285. The molecule has 1 aromatic heterocycles. The first-order valence-corrected chi connectivity index (χ1v) is 5.39. The Bertz CT molecular complexity index is 592. The van der Waals surface area contributed by atoms with Crippen molar-refractivity contribution >= 4 is 34.7 Å². The summed E-state index contributed by atoms with van der Waals surface area (Å²) in [4.78, 5) is 7.75. The first-order valence-electron chi connectivity index (χ1n) is 4.63. The molecule has 0 aliphatic carbocycles.